The minimum absolute atomic E-state index is 0.293. The SMILES string of the molecule is CCCN(C)c1cc(Oc2ccc(F)cc2)ncn1. The van der Waals surface area contributed by atoms with Gasteiger partial charge in [0, 0.05) is 19.7 Å². The summed E-state index contributed by atoms with van der Waals surface area (Å²) < 4.78 is 18.4. The Morgan fingerprint density at radius 3 is 2.63 bits per heavy atom. The van der Waals surface area contributed by atoms with E-state index in [4.69, 9.17) is 4.74 Å². The van der Waals surface area contributed by atoms with E-state index in [1.165, 1.54) is 18.5 Å². The first-order chi connectivity index (χ1) is 9.19. The fourth-order valence-electron chi connectivity index (χ4n) is 1.67. The fraction of sp³-hybridized carbons (Fsp3) is 0.286. The molecule has 1 aromatic heterocycles. The lowest BCUT2D eigenvalue weighted by molar-refractivity contribution is 0.459. The van der Waals surface area contributed by atoms with Crippen LogP contribution in [0.2, 0.25) is 0 Å². The molecule has 0 saturated carbocycles. The Balaban J connectivity index is 2.12. The van der Waals surface area contributed by atoms with Crippen LogP contribution < -0.4 is 9.64 Å². The minimum atomic E-state index is -0.293. The van der Waals surface area contributed by atoms with E-state index < -0.39 is 0 Å². The molecule has 1 heterocycles. The largest absolute Gasteiger partial charge is 0.439 e. The summed E-state index contributed by atoms with van der Waals surface area (Å²) in [5, 5.41) is 0. The van der Waals surface area contributed by atoms with E-state index in [0.717, 1.165) is 18.8 Å². The van der Waals surface area contributed by atoms with E-state index in [2.05, 4.69) is 16.9 Å². The van der Waals surface area contributed by atoms with Crippen LogP contribution in [0.3, 0.4) is 0 Å². The molecule has 2 rings (SSSR count). The quantitative estimate of drug-likeness (QED) is 0.828. The average molecular weight is 261 g/mol. The molecule has 0 unspecified atom stereocenters. The molecule has 0 bridgehead atoms. The summed E-state index contributed by atoms with van der Waals surface area (Å²) in [6.45, 7) is 3.01. The number of hydrogen-bond acceptors (Lipinski definition) is 4. The predicted octanol–water partition coefficient (Wildman–Crippen LogP) is 3.25. The van der Waals surface area contributed by atoms with Crippen LogP contribution in [0, 0.1) is 5.82 Å². The molecule has 0 saturated heterocycles. The molecule has 0 aliphatic rings. The maximum Gasteiger partial charge on any atom is 0.224 e. The summed E-state index contributed by atoms with van der Waals surface area (Å²) in [5.41, 5.74) is 0. The van der Waals surface area contributed by atoms with Gasteiger partial charge in [-0.1, -0.05) is 6.92 Å². The molecular formula is C14H16FN3O. The number of rotatable bonds is 5. The molecule has 0 fully saturated rings. The smallest absolute Gasteiger partial charge is 0.224 e. The van der Waals surface area contributed by atoms with Gasteiger partial charge in [-0.25, -0.2) is 14.4 Å². The molecule has 0 N–H and O–H groups in total. The third-order valence-corrected chi connectivity index (χ3v) is 2.61. The van der Waals surface area contributed by atoms with Crippen LogP contribution >= 0.6 is 0 Å². The third kappa shape index (κ3) is 3.64. The molecule has 0 amide bonds. The normalized spacial score (nSPS) is 10.3. The van der Waals surface area contributed by atoms with Gasteiger partial charge in [0.1, 0.15) is 23.7 Å². The highest BCUT2D eigenvalue weighted by Crippen LogP contribution is 2.21. The summed E-state index contributed by atoms with van der Waals surface area (Å²) in [4.78, 5) is 10.3. The van der Waals surface area contributed by atoms with Gasteiger partial charge < -0.3 is 9.64 Å². The highest BCUT2D eigenvalue weighted by Gasteiger charge is 2.05. The van der Waals surface area contributed by atoms with Gasteiger partial charge in [-0.2, -0.15) is 0 Å². The Bertz CT molecular complexity index is 530. The van der Waals surface area contributed by atoms with Crippen molar-refractivity contribution in [3.63, 3.8) is 0 Å². The highest BCUT2D eigenvalue weighted by molar-refractivity contribution is 5.41. The Hall–Kier alpha value is -2.17. The summed E-state index contributed by atoms with van der Waals surface area (Å²) in [7, 11) is 1.97. The summed E-state index contributed by atoms with van der Waals surface area (Å²) in [6.07, 6.45) is 2.50. The molecule has 19 heavy (non-hydrogen) atoms. The standard InChI is InChI=1S/C14H16FN3O/c1-3-8-18(2)13-9-14(17-10-16-13)19-12-6-4-11(15)5-7-12/h4-7,9-10H,3,8H2,1-2H3. The fourth-order valence-corrected chi connectivity index (χ4v) is 1.67. The Kier molecular flexibility index (Phi) is 4.28. The van der Waals surface area contributed by atoms with Crippen LogP contribution in [0.25, 0.3) is 0 Å². The third-order valence-electron chi connectivity index (χ3n) is 2.61. The van der Waals surface area contributed by atoms with Crippen LogP contribution in [0.1, 0.15) is 13.3 Å². The van der Waals surface area contributed by atoms with E-state index in [1.807, 2.05) is 11.9 Å². The summed E-state index contributed by atoms with van der Waals surface area (Å²) >= 11 is 0. The first-order valence-electron chi connectivity index (χ1n) is 6.15. The Morgan fingerprint density at radius 1 is 1.21 bits per heavy atom. The lowest BCUT2D eigenvalue weighted by Crippen LogP contribution is -2.19. The number of halogens is 1. The van der Waals surface area contributed by atoms with Gasteiger partial charge in [-0.3, -0.25) is 0 Å². The molecule has 0 aliphatic heterocycles. The Labute approximate surface area is 111 Å². The van der Waals surface area contributed by atoms with Gasteiger partial charge in [-0.05, 0) is 30.7 Å². The van der Waals surface area contributed by atoms with Crippen molar-refractivity contribution in [2.45, 2.75) is 13.3 Å². The van der Waals surface area contributed by atoms with Crippen LogP contribution in [0.15, 0.2) is 36.7 Å². The maximum absolute atomic E-state index is 12.8. The number of hydrogen-bond donors (Lipinski definition) is 0. The van der Waals surface area contributed by atoms with Crippen LogP contribution in [0.4, 0.5) is 10.2 Å². The first kappa shape index (κ1) is 13.3. The Morgan fingerprint density at radius 2 is 1.95 bits per heavy atom. The molecule has 0 radical (unpaired) electrons. The second-order valence-electron chi connectivity index (χ2n) is 4.19. The van der Waals surface area contributed by atoms with Gasteiger partial charge in [0.05, 0.1) is 0 Å². The summed E-state index contributed by atoms with van der Waals surface area (Å²) in [5.74, 6) is 1.50. The number of anilines is 1. The lowest BCUT2D eigenvalue weighted by atomic mass is 10.3. The monoisotopic (exact) mass is 261 g/mol. The molecule has 100 valence electrons. The molecule has 2 aromatic rings. The molecule has 1 aromatic carbocycles. The van der Waals surface area contributed by atoms with Gasteiger partial charge in [0.25, 0.3) is 0 Å². The van der Waals surface area contributed by atoms with Crippen molar-refractivity contribution in [3.05, 3.63) is 42.5 Å². The van der Waals surface area contributed by atoms with Gasteiger partial charge >= 0.3 is 0 Å². The van der Waals surface area contributed by atoms with Gasteiger partial charge in [0.2, 0.25) is 5.88 Å². The molecule has 4 nitrogen and oxygen atoms in total. The maximum atomic E-state index is 12.8. The predicted molar refractivity (Wildman–Crippen MR) is 72.1 cm³/mol. The van der Waals surface area contributed by atoms with Crippen molar-refractivity contribution in [1.29, 1.82) is 0 Å². The van der Waals surface area contributed by atoms with E-state index >= 15 is 0 Å². The second-order valence-corrected chi connectivity index (χ2v) is 4.19. The van der Waals surface area contributed by atoms with E-state index in [-0.39, 0.29) is 5.82 Å². The van der Waals surface area contributed by atoms with Crippen molar-refractivity contribution >= 4 is 5.82 Å². The zero-order valence-electron chi connectivity index (χ0n) is 11.0. The molecular weight excluding hydrogens is 245 g/mol. The molecule has 5 heteroatoms. The van der Waals surface area contributed by atoms with E-state index in [0.29, 0.717) is 11.6 Å². The zero-order valence-corrected chi connectivity index (χ0v) is 11.0. The lowest BCUT2D eigenvalue weighted by Gasteiger charge is -2.17. The van der Waals surface area contributed by atoms with Crippen LogP contribution in [0.5, 0.6) is 11.6 Å². The van der Waals surface area contributed by atoms with Crippen LogP contribution in [-0.4, -0.2) is 23.6 Å². The van der Waals surface area contributed by atoms with Crippen LogP contribution in [-0.2, 0) is 0 Å². The zero-order chi connectivity index (χ0) is 13.7. The minimum Gasteiger partial charge on any atom is -0.439 e. The molecule has 0 aliphatic carbocycles. The topological polar surface area (TPSA) is 38.2 Å². The van der Waals surface area contributed by atoms with Crippen molar-refractivity contribution in [2.75, 3.05) is 18.5 Å². The first-order valence-corrected chi connectivity index (χ1v) is 6.15. The van der Waals surface area contributed by atoms with Crippen molar-refractivity contribution in [1.82, 2.24) is 9.97 Å². The number of nitrogens with zero attached hydrogens (tertiary/aromatic N) is 3. The number of aromatic nitrogens is 2. The number of ether oxygens (including phenoxy) is 1. The van der Waals surface area contributed by atoms with E-state index in [1.54, 1.807) is 18.2 Å². The summed E-state index contributed by atoms with van der Waals surface area (Å²) in [6, 6.07) is 7.58. The van der Waals surface area contributed by atoms with E-state index in [9.17, 15) is 4.39 Å². The van der Waals surface area contributed by atoms with Crippen molar-refractivity contribution < 1.29 is 9.13 Å². The van der Waals surface area contributed by atoms with Gasteiger partial charge in [-0.15, -0.1) is 0 Å². The highest BCUT2D eigenvalue weighted by atomic mass is 19.1. The van der Waals surface area contributed by atoms with Gasteiger partial charge in [0.15, 0.2) is 0 Å². The second kappa shape index (κ2) is 6.13. The van der Waals surface area contributed by atoms with Crippen molar-refractivity contribution in [3.8, 4) is 11.6 Å². The number of benzene rings is 1. The van der Waals surface area contributed by atoms with Crippen molar-refractivity contribution in [2.24, 2.45) is 0 Å². The molecule has 0 atom stereocenters. The average Bonchev–Trinajstić information content (AvgIpc) is 2.42. The molecule has 0 spiro atoms.